The SMILES string of the molecule is CC(C)[C@H](N)C(=O)Nc1nnc(C(C)(C)c2ccccc2)s1.Cl. The fourth-order valence-corrected chi connectivity index (χ4v) is 2.87. The number of nitrogens with one attached hydrogen (secondary N) is 1. The number of hydrogen-bond donors (Lipinski definition) is 2. The van der Waals surface area contributed by atoms with E-state index in [1.165, 1.54) is 11.3 Å². The molecule has 0 saturated heterocycles. The summed E-state index contributed by atoms with van der Waals surface area (Å²) in [5.41, 5.74) is 6.73. The lowest BCUT2D eigenvalue weighted by Crippen LogP contribution is -2.39. The van der Waals surface area contributed by atoms with E-state index < -0.39 is 6.04 Å². The number of nitrogens with two attached hydrogens (primary N) is 1. The molecule has 5 nitrogen and oxygen atoms in total. The Kier molecular flexibility index (Phi) is 6.68. The molecule has 0 radical (unpaired) electrons. The van der Waals surface area contributed by atoms with Crippen LogP contribution in [0.3, 0.4) is 0 Å². The quantitative estimate of drug-likeness (QED) is 0.863. The Hall–Kier alpha value is -1.50. The van der Waals surface area contributed by atoms with Crippen LogP contribution in [0.2, 0.25) is 0 Å². The van der Waals surface area contributed by atoms with Crippen LogP contribution in [0.4, 0.5) is 5.13 Å². The zero-order valence-electron chi connectivity index (χ0n) is 13.7. The van der Waals surface area contributed by atoms with E-state index in [-0.39, 0.29) is 29.6 Å². The Balaban J connectivity index is 0.00000264. The van der Waals surface area contributed by atoms with Gasteiger partial charge in [0, 0.05) is 5.41 Å². The van der Waals surface area contributed by atoms with Crippen molar-refractivity contribution in [3.8, 4) is 0 Å². The minimum Gasteiger partial charge on any atom is -0.320 e. The summed E-state index contributed by atoms with van der Waals surface area (Å²) >= 11 is 1.38. The lowest BCUT2D eigenvalue weighted by atomic mass is 9.85. The van der Waals surface area contributed by atoms with Crippen molar-refractivity contribution >= 4 is 34.8 Å². The van der Waals surface area contributed by atoms with Gasteiger partial charge in [-0.2, -0.15) is 0 Å². The summed E-state index contributed by atoms with van der Waals surface area (Å²) in [7, 11) is 0. The molecule has 1 aromatic heterocycles. The van der Waals surface area contributed by atoms with E-state index in [0.717, 1.165) is 10.6 Å². The highest BCUT2D eigenvalue weighted by Crippen LogP contribution is 2.34. The molecule has 1 heterocycles. The first kappa shape index (κ1) is 19.5. The summed E-state index contributed by atoms with van der Waals surface area (Å²) < 4.78 is 0. The number of aromatic nitrogens is 2. The number of halogens is 1. The molecule has 1 atom stereocenters. The van der Waals surface area contributed by atoms with Gasteiger partial charge in [0.15, 0.2) is 0 Å². The predicted molar refractivity (Wildman–Crippen MR) is 97.2 cm³/mol. The maximum Gasteiger partial charge on any atom is 0.243 e. The van der Waals surface area contributed by atoms with Crippen LogP contribution in [-0.4, -0.2) is 22.1 Å². The average Bonchev–Trinajstić information content (AvgIpc) is 2.96. The van der Waals surface area contributed by atoms with Crippen molar-refractivity contribution in [1.82, 2.24) is 10.2 Å². The van der Waals surface area contributed by atoms with Crippen LogP contribution in [0.5, 0.6) is 0 Å². The number of rotatable bonds is 5. The summed E-state index contributed by atoms with van der Waals surface area (Å²) in [5, 5.41) is 12.4. The highest BCUT2D eigenvalue weighted by Gasteiger charge is 2.28. The average molecular weight is 355 g/mol. The van der Waals surface area contributed by atoms with Crippen molar-refractivity contribution in [2.24, 2.45) is 11.7 Å². The summed E-state index contributed by atoms with van der Waals surface area (Å²) in [4.78, 5) is 12.0. The van der Waals surface area contributed by atoms with Gasteiger partial charge >= 0.3 is 0 Å². The summed E-state index contributed by atoms with van der Waals surface area (Å²) in [6.07, 6.45) is 0. The van der Waals surface area contributed by atoms with Gasteiger partial charge in [0.1, 0.15) is 5.01 Å². The van der Waals surface area contributed by atoms with Crippen molar-refractivity contribution in [1.29, 1.82) is 0 Å². The van der Waals surface area contributed by atoms with E-state index >= 15 is 0 Å². The fraction of sp³-hybridized carbons (Fsp3) is 0.438. The van der Waals surface area contributed by atoms with Gasteiger partial charge in [0.25, 0.3) is 0 Å². The van der Waals surface area contributed by atoms with Crippen molar-refractivity contribution in [2.75, 3.05) is 5.32 Å². The van der Waals surface area contributed by atoms with E-state index in [4.69, 9.17) is 5.73 Å². The van der Waals surface area contributed by atoms with Gasteiger partial charge < -0.3 is 5.73 Å². The molecule has 2 aromatic rings. The summed E-state index contributed by atoms with van der Waals surface area (Å²) in [6.45, 7) is 8.01. The Morgan fingerprint density at radius 1 is 1.22 bits per heavy atom. The molecule has 3 N–H and O–H groups in total. The van der Waals surface area contributed by atoms with Crippen LogP contribution < -0.4 is 11.1 Å². The Bertz CT molecular complexity index is 643. The smallest absolute Gasteiger partial charge is 0.243 e. The van der Waals surface area contributed by atoms with Crippen LogP contribution in [0.15, 0.2) is 30.3 Å². The summed E-state index contributed by atoms with van der Waals surface area (Å²) in [6, 6.07) is 9.57. The van der Waals surface area contributed by atoms with Crippen LogP contribution in [0, 0.1) is 5.92 Å². The van der Waals surface area contributed by atoms with Gasteiger partial charge in [-0.1, -0.05) is 55.5 Å². The van der Waals surface area contributed by atoms with Crippen LogP contribution >= 0.6 is 23.7 Å². The Morgan fingerprint density at radius 2 is 1.83 bits per heavy atom. The van der Waals surface area contributed by atoms with Crippen molar-refractivity contribution in [2.45, 2.75) is 39.2 Å². The number of amides is 1. The molecule has 1 aromatic carbocycles. The van der Waals surface area contributed by atoms with Gasteiger partial charge in [-0.05, 0) is 25.3 Å². The molecule has 0 aliphatic carbocycles. The maximum absolute atomic E-state index is 12.0. The first-order valence-electron chi connectivity index (χ1n) is 7.28. The molecule has 0 unspecified atom stereocenters. The molecule has 0 aliphatic heterocycles. The molecule has 2 rings (SSSR count). The predicted octanol–water partition coefficient (Wildman–Crippen LogP) is 3.21. The lowest BCUT2D eigenvalue weighted by Gasteiger charge is -2.21. The van der Waals surface area contributed by atoms with E-state index in [1.807, 2.05) is 32.0 Å². The van der Waals surface area contributed by atoms with Gasteiger partial charge in [-0.15, -0.1) is 22.6 Å². The number of anilines is 1. The molecule has 0 spiro atoms. The van der Waals surface area contributed by atoms with Gasteiger partial charge in [-0.25, -0.2) is 0 Å². The fourth-order valence-electron chi connectivity index (χ4n) is 2.00. The van der Waals surface area contributed by atoms with Crippen LogP contribution in [-0.2, 0) is 10.2 Å². The third-order valence-electron chi connectivity index (χ3n) is 3.71. The Labute approximate surface area is 147 Å². The number of nitrogens with zero attached hydrogens (tertiary/aromatic N) is 2. The second kappa shape index (κ2) is 7.86. The molecule has 0 aliphatic rings. The third-order valence-corrected chi connectivity index (χ3v) is 4.87. The van der Waals surface area contributed by atoms with E-state index in [9.17, 15) is 4.79 Å². The molecular weight excluding hydrogens is 332 g/mol. The molecule has 23 heavy (non-hydrogen) atoms. The van der Waals surface area contributed by atoms with E-state index in [1.54, 1.807) is 0 Å². The molecule has 0 bridgehead atoms. The van der Waals surface area contributed by atoms with E-state index in [2.05, 4.69) is 41.5 Å². The molecular formula is C16H23ClN4OS. The normalized spacial score (nSPS) is 12.6. The van der Waals surface area contributed by atoms with E-state index in [0.29, 0.717) is 5.13 Å². The Morgan fingerprint density at radius 3 is 2.39 bits per heavy atom. The first-order chi connectivity index (χ1) is 10.3. The zero-order chi connectivity index (χ0) is 16.3. The zero-order valence-corrected chi connectivity index (χ0v) is 15.4. The van der Waals surface area contributed by atoms with Crippen molar-refractivity contribution < 1.29 is 4.79 Å². The second-order valence-corrected chi connectivity index (χ2v) is 7.14. The van der Waals surface area contributed by atoms with Crippen molar-refractivity contribution in [3.63, 3.8) is 0 Å². The van der Waals surface area contributed by atoms with Crippen LogP contribution in [0.1, 0.15) is 38.3 Å². The third kappa shape index (κ3) is 4.50. The largest absolute Gasteiger partial charge is 0.320 e. The lowest BCUT2D eigenvalue weighted by molar-refractivity contribution is -0.118. The van der Waals surface area contributed by atoms with Crippen LogP contribution in [0.25, 0.3) is 0 Å². The molecule has 126 valence electrons. The molecule has 1 amide bonds. The molecule has 7 heteroatoms. The number of hydrogen-bond acceptors (Lipinski definition) is 5. The highest BCUT2D eigenvalue weighted by atomic mass is 35.5. The second-order valence-electron chi connectivity index (χ2n) is 6.16. The minimum absolute atomic E-state index is 0. The van der Waals surface area contributed by atoms with Gasteiger partial charge in [0.05, 0.1) is 6.04 Å². The van der Waals surface area contributed by atoms with Gasteiger partial charge in [-0.3, -0.25) is 10.1 Å². The molecule has 0 saturated carbocycles. The number of carbonyl (C=O) groups excluding carboxylic acids is 1. The molecule has 0 fully saturated rings. The number of benzene rings is 1. The topological polar surface area (TPSA) is 80.9 Å². The minimum atomic E-state index is -0.547. The monoisotopic (exact) mass is 354 g/mol. The summed E-state index contributed by atoms with van der Waals surface area (Å²) in [5.74, 6) is -0.150. The maximum atomic E-state index is 12.0. The van der Waals surface area contributed by atoms with Gasteiger partial charge in [0.2, 0.25) is 11.0 Å². The number of carbonyl (C=O) groups is 1. The first-order valence-corrected chi connectivity index (χ1v) is 8.10. The standard InChI is InChI=1S/C16H22N4OS.ClH/c1-10(2)12(17)13(21)18-15-20-19-14(22-15)16(3,4)11-8-6-5-7-9-11;/h5-10,12H,17H2,1-4H3,(H,18,20,21);1H/t12-;/m0./s1. The van der Waals surface area contributed by atoms with Crippen molar-refractivity contribution in [3.05, 3.63) is 40.9 Å². The highest BCUT2D eigenvalue weighted by molar-refractivity contribution is 7.15.